The van der Waals surface area contributed by atoms with Gasteiger partial charge >= 0.3 is 6.18 Å². The molecule has 8 heteroatoms. The summed E-state index contributed by atoms with van der Waals surface area (Å²) in [5, 5.41) is 14.3. The van der Waals surface area contributed by atoms with Crippen molar-refractivity contribution < 1.29 is 27.8 Å². The highest BCUT2D eigenvalue weighted by atomic mass is 19.4. The standard InChI is InChI=1S/C22H23F3N2O3/c1-4-16-5-7-17(8-6-16)19-12-21(29,22(23,24)25)27(26-19)20(28)13-30-18-10-14(2)9-15(3)11-18/h5-11,29H,4,12-13H2,1-3H3/t21-/m0/s1. The number of aliphatic hydroxyl groups is 1. The molecule has 160 valence electrons. The molecule has 3 rings (SSSR count). The van der Waals surface area contributed by atoms with Gasteiger partial charge in [0.2, 0.25) is 0 Å². The van der Waals surface area contributed by atoms with Gasteiger partial charge < -0.3 is 9.84 Å². The van der Waals surface area contributed by atoms with Crippen molar-refractivity contribution in [2.24, 2.45) is 5.10 Å². The first-order valence-corrected chi connectivity index (χ1v) is 9.53. The number of benzene rings is 2. The Kier molecular flexibility index (Phi) is 5.90. The predicted molar refractivity (Wildman–Crippen MR) is 106 cm³/mol. The second-order valence-electron chi connectivity index (χ2n) is 7.41. The van der Waals surface area contributed by atoms with Crippen LogP contribution in [0.4, 0.5) is 13.2 Å². The summed E-state index contributed by atoms with van der Waals surface area (Å²) < 4.78 is 46.4. The maximum Gasteiger partial charge on any atom is 0.438 e. The summed E-state index contributed by atoms with van der Waals surface area (Å²) in [7, 11) is 0. The highest BCUT2D eigenvalue weighted by Gasteiger charge is 2.63. The van der Waals surface area contributed by atoms with E-state index in [1.54, 1.807) is 36.4 Å². The molecule has 1 atom stereocenters. The zero-order valence-electron chi connectivity index (χ0n) is 17.0. The molecule has 0 saturated heterocycles. The fraction of sp³-hybridized carbons (Fsp3) is 0.364. The van der Waals surface area contributed by atoms with E-state index in [0.717, 1.165) is 23.1 Å². The average Bonchev–Trinajstić information content (AvgIpc) is 3.04. The molecule has 1 amide bonds. The molecule has 1 aliphatic rings. The van der Waals surface area contributed by atoms with Gasteiger partial charge in [-0.2, -0.15) is 23.3 Å². The summed E-state index contributed by atoms with van der Waals surface area (Å²) in [6.07, 6.45) is -5.16. The van der Waals surface area contributed by atoms with Gasteiger partial charge in [0.15, 0.2) is 6.61 Å². The molecule has 0 saturated carbocycles. The number of hydrogen-bond acceptors (Lipinski definition) is 4. The number of hydrazone groups is 1. The number of alkyl halides is 3. The predicted octanol–water partition coefficient (Wildman–Crippen LogP) is 4.13. The SMILES string of the molecule is CCc1ccc(C2=NN(C(=O)COc3cc(C)cc(C)c3)[C@@](O)(C(F)(F)F)C2)cc1. The molecule has 1 heterocycles. The van der Waals surface area contributed by atoms with Gasteiger partial charge in [0.1, 0.15) is 5.75 Å². The lowest BCUT2D eigenvalue weighted by Crippen LogP contribution is -2.57. The Labute approximate surface area is 172 Å². The van der Waals surface area contributed by atoms with Gasteiger partial charge in [0, 0.05) is 0 Å². The second-order valence-corrected chi connectivity index (χ2v) is 7.41. The van der Waals surface area contributed by atoms with Crippen molar-refractivity contribution in [1.82, 2.24) is 5.01 Å². The van der Waals surface area contributed by atoms with Crippen LogP contribution in [0.15, 0.2) is 47.6 Å². The number of aryl methyl sites for hydroxylation is 3. The molecular formula is C22H23F3N2O3. The maximum absolute atomic E-state index is 13.7. The lowest BCUT2D eigenvalue weighted by atomic mass is 9.99. The summed E-state index contributed by atoms with van der Waals surface area (Å²) >= 11 is 0. The Balaban J connectivity index is 1.85. The zero-order chi connectivity index (χ0) is 22.1. The lowest BCUT2D eigenvalue weighted by molar-refractivity contribution is -0.302. The van der Waals surface area contributed by atoms with Crippen molar-refractivity contribution in [2.75, 3.05) is 6.61 Å². The van der Waals surface area contributed by atoms with Crippen LogP contribution in [0.5, 0.6) is 5.75 Å². The van der Waals surface area contributed by atoms with Crippen LogP contribution in [0.25, 0.3) is 0 Å². The fourth-order valence-corrected chi connectivity index (χ4v) is 3.34. The van der Waals surface area contributed by atoms with Gasteiger partial charge in [-0.25, -0.2) is 0 Å². The molecule has 0 radical (unpaired) electrons. The van der Waals surface area contributed by atoms with E-state index in [1.807, 2.05) is 26.8 Å². The molecular weight excluding hydrogens is 397 g/mol. The fourth-order valence-electron chi connectivity index (χ4n) is 3.34. The van der Waals surface area contributed by atoms with Gasteiger partial charge in [-0.15, -0.1) is 0 Å². The molecule has 2 aromatic carbocycles. The second kappa shape index (κ2) is 8.10. The Hall–Kier alpha value is -2.87. The third kappa shape index (κ3) is 4.33. The average molecular weight is 420 g/mol. The van der Waals surface area contributed by atoms with Gasteiger partial charge in [0.25, 0.3) is 11.6 Å². The quantitative estimate of drug-likeness (QED) is 0.791. The van der Waals surface area contributed by atoms with Gasteiger partial charge in [-0.05, 0) is 54.7 Å². The van der Waals surface area contributed by atoms with Crippen LogP contribution in [0.2, 0.25) is 0 Å². The number of rotatable bonds is 5. The molecule has 2 aromatic rings. The Morgan fingerprint density at radius 1 is 1.17 bits per heavy atom. The van der Waals surface area contributed by atoms with Crippen LogP contribution in [0.1, 0.15) is 35.6 Å². The van der Waals surface area contributed by atoms with Crippen LogP contribution in [-0.2, 0) is 11.2 Å². The molecule has 0 aromatic heterocycles. The normalized spacial score (nSPS) is 19.0. The Bertz CT molecular complexity index is 950. The van der Waals surface area contributed by atoms with E-state index >= 15 is 0 Å². The van der Waals surface area contributed by atoms with E-state index in [9.17, 15) is 23.1 Å². The van der Waals surface area contributed by atoms with Gasteiger partial charge in [0.05, 0.1) is 12.1 Å². The topological polar surface area (TPSA) is 62.1 Å². The lowest BCUT2D eigenvalue weighted by Gasteiger charge is -2.32. The zero-order valence-corrected chi connectivity index (χ0v) is 17.0. The van der Waals surface area contributed by atoms with Crippen molar-refractivity contribution in [2.45, 2.75) is 45.5 Å². The first-order valence-electron chi connectivity index (χ1n) is 9.53. The van der Waals surface area contributed by atoms with Crippen LogP contribution in [-0.4, -0.2) is 40.2 Å². The van der Waals surface area contributed by atoms with Crippen LogP contribution in [0.3, 0.4) is 0 Å². The van der Waals surface area contributed by atoms with Crippen LogP contribution in [0, 0.1) is 13.8 Å². The molecule has 30 heavy (non-hydrogen) atoms. The maximum atomic E-state index is 13.7. The van der Waals surface area contributed by atoms with E-state index in [0.29, 0.717) is 11.3 Å². The van der Waals surface area contributed by atoms with E-state index in [1.165, 1.54) is 0 Å². The summed E-state index contributed by atoms with van der Waals surface area (Å²) in [6.45, 7) is 4.95. The molecule has 0 fully saturated rings. The molecule has 0 bridgehead atoms. The van der Waals surface area contributed by atoms with Crippen molar-refractivity contribution in [1.29, 1.82) is 0 Å². The molecule has 5 nitrogen and oxygen atoms in total. The van der Waals surface area contributed by atoms with E-state index in [4.69, 9.17) is 4.74 Å². The number of nitrogens with zero attached hydrogens (tertiary/aromatic N) is 2. The van der Waals surface area contributed by atoms with Crippen molar-refractivity contribution in [3.63, 3.8) is 0 Å². The van der Waals surface area contributed by atoms with Gasteiger partial charge in [-0.1, -0.05) is 37.3 Å². The summed E-state index contributed by atoms with van der Waals surface area (Å²) in [5.74, 6) is -0.732. The molecule has 1 aliphatic heterocycles. The molecule has 1 N–H and O–H groups in total. The third-order valence-corrected chi connectivity index (χ3v) is 4.93. The van der Waals surface area contributed by atoms with E-state index < -0.39 is 30.8 Å². The largest absolute Gasteiger partial charge is 0.484 e. The van der Waals surface area contributed by atoms with Crippen molar-refractivity contribution >= 4 is 11.6 Å². The van der Waals surface area contributed by atoms with Gasteiger partial charge in [-0.3, -0.25) is 4.79 Å². The molecule has 0 unspecified atom stereocenters. The Morgan fingerprint density at radius 3 is 2.30 bits per heavy atom. The van der Waals surface area contributed by atoms with E-state index in [-0.39, 0.29) is 10.7 Å². The minimum absolute atomic E-state index is 0.0165. The van der Waals surface area contributed by atoms with Crippen LogP contribution >= 0.6 is 0 Å². The number of ether oxygens (including phenoxy) is 1. The summed E-state index contributed by atoms with van der Waals surface area (Å²) in [4.78, 5) is 12.6. The number of amides is 1. The first-order chi connectivity index (χ1) is 14.0. The highest BCUT2D eigenvalue weighted by molar-refractivity contribution is 6.03. The highest BCUT2D eigenvalue weighted by Crippen LogP contribution is 2.41. The minimum Gasteiger partial charge on any atom is -0.484 e. The minimum atomic E-state index is -5.09. The smallest absolute Gasteiger partial charge is 0.438 e. The molecule has 0 spiro atoms. The summed E-state index contributed by atoms with van der Waals surface area (Å²) in [5.41, 5.74) is -0.229. The Morgan fingerprint density at radius 2 is 1.77 bits per heavy atom. The van der Waals surface area contributed by atoms with Crippen LogP contribution < -0.4 is 4.74 Å². The number of carbonyl (C=O) groups excluding carboxylic acids is 1. The number of halogens is 3. The number of carbonyl (C=O) groups is 1. The van der Waals surface area contributed by atoms with Crippen molar-refractivity contribution in [3.05, 3.63) is 64.7 Å². The monoisotopic (exact) mass is 420 g/mol. The summed E-state index contributed by atoms with van der Waals surface area (Å²) in [6, 6.07) is 12.1. The first kappa shape index (κ1) is 21.8. The third-order valence-electron chi connectivity index (χ3n) is 4.93. The molecule has 0 aliphatic carbocycles. The van der Waals surface area contributed by atoms with E-state index in [2.05, 4.69) is 5.10 Å². The number of hydrogen-bond donors (Lipinski definition) is 1. The van der Waals surface area contributed by atoms with Crippen molar-refractivity contribution in [3.8, 4) is 5.75 Å².